The molecule has 3 rings (SSSR count). The van der Waals surface area contributed by atoms with E-state index in [1.165, 1.54) is 0 Å². The zero-order chi connectivity index (χ0) is 22.4. The van der Waals surface area contributed by atoms with Crippen molar-refractivity contribution in [2.24, 2.45) is 0 Å². The number of rotatable bonds is 9. The van der Waals surface area contributed by atoms with Crippen LogP contribution in [0.4, 0.5) is 0 Å². The van der Waals surface area contributed by atoms with E-state index in [2.05, 4.69) is 5.32 Å². The van der Waals surface area contributed by atoms with E-state index in [1.54, 1.807) is 36.4 Å². The molecule has 6 heteroatoms. The van der Waals surface area contributed by atoms with Gasteiger partial charge in [-0.25, -0.2) is 4.79 Å². The summed E-state index contributed by atoms with van der Waals surface area (Å²) in [7, 11) is 0. The van der Waals surface area contributed by atoms with Gasteiger partial charge in [0.15, 0.2) is 0 Å². The first-order valence-electron chi connectivity index (χ1n) is 10.1. The summed E-state index contributed by atoms with van der Waals surface area (Å²) in [5.74, 6) is -0.0302. The molecule has 3 aromatic rings. The lowest BCUT2D eigenvalue weighted by Crippen LogP contribution is -2.35. The number of carboxylic acid groups (broad SMARTS) is 1. The number of aliphatic hydroxyl groups excluding tert-OH is 1. The monoisotopic (exact) mass is 421 g/mol. The number of phenols is 1. The highest BCUT2D eigenvalue weighted by Gasteiger charge is 2.15. The minimum Gasteiger partial charge on any atom is -0.508 e. The molecule has 0 amide bonds. The van der Waals surface area contributed by atoms with Gasteiger partial charge in [0.25, 0.3) is 0 Å². The average Bonchev–Trinajstić information content (AvgIpc) is 2.77. The minimum absolute atomic E-state index is 0.170. The van der Waals surface area contributed by atoms with E-state index in [-0.39, 0.29) is 17.4 Å². The smallest absolute Gasteiger partial charge is 0.335 e. The molecule has 0 aromatic heterocycles. The molecule has 4 N–H and O–H groups in total. The molecule has 0 heterocycles. The molecule has 0 aliphatic rings. The van der Waals surface area contributed by atoms with Crippen LogP contribution in [0.3, 0.4) is 0 Å². The Labute approximate surface area is 181 Å². The van der Waals surface area contributed by atoms with Crippen LogP contribution in [0, 0.1) is 6.92 Å². The second-order valence-electron chi connectivity index (χ2n) is 7.49. The molecule has 3 aromatic carbocycles. The Hall–Kier alpha value is -3.35. The van der Waals surface area contributed by atoms with E-state index >= 15 is 0 Å². The highest BCUT2D eigenvalue weighted by Crippen LogP contribution is 2.26. The SMILES string of the molecule is Cc1cc(C(=O)O)ccc1-c1ccc(OCCN[C@H](C)[C@@H](O)c2ccc(O)cc2)cc1. The van der Waals surface area contributed by atoms with Gasteiger partial charge in [-0.15, -0.1) is 0 Å². The van der Waals surface area contributed by atoms with E-state index in [0.29, 0.717) is 13.2 Å². The van der Waals surface area contributed by atoms with Crippen LogP contribution in [0.1, 0.15) is 34.5 Å². The quantitative estimate of drug-likeness (QED) is 0.387. The second-order valence-corrected chi connectivity index (χ2v) is 7.49. The third-order valence-electron chi connectivity index (χ3n) is 5.18. The van der Waals surface area contributed by atoms with Gasteiger partial charge in [-0.2, -0.15) is 0 Å². The summed E-state index contributed by atoms with van der Waals surface area (Å²) < 4.78 is 5.77. The fraction of sp³-hybridized carbons (Fsp3) is 0.240. The molecule has 0 spiro atoms. The van der Waals surface area contributed by atoms with Gasteiger partial charge < -0.3 is 25.4 Å². The molecule has 31 heavy (non-hydrogen) atoms. The molecule has 0 unspecified atom stereocenters. The molecular weight excluding hydrogens is 394 g/mol. The Morgan fingerprint density at radius 2 is 1.71 bits per heavy atom. The molecule has 162 valence electrons. The maximum absolute atomic E-state index is 11.1. The lowest BCUT2D eigenvalue weighted by atomic mass is 9.98. The summed E-state index contributed by atoms with van der Waals surface area (Å²) in [4.78, 5) is 11.1. The number of hydrogen-bond acceptors (Lipinski definition) is 5. The normalized spacial score (nSPS) is 12.9. The first kappa shape index (κ1) is 22.3. The first-order valence-corrected chi connectivity index (χ1v) is 10.1. The Kier molecular flexibility index (Phi) is 7.28. The van der Waals surface area contributed by atoms with Gasteiger partial charge in [-0.1, -0.05) is 30.3 Å². The number of aryl methyl sites for hydroxylation is 1. The van der Waals surface area contributed by atoms with Crippen LogP contribution < -0.4 is 10.1 Å². The number of benzene rings is 3. The molecule has 0 saturated heterocycles. The maximum atomic E-state index is 11.1. The maximum Gasteiger partial charge on any atom is 0.335 e. The summed E-state index contributed by atoms with van der Waals surface area (Å²) in [6, 6.07) is 19.1. The molecule has 0 aliphatic heterocycles. The highest BCUT2D eigenvalue weighted by molar-refractivity contribution is 5.89. The van der Waals surface area contributed by atoms with E-state index in [9.17, 15) is 15.0 Å². The van der Waals surface area contributed by atoms with Gasteiger partial charge in [-0.05, 0) is 72.5 Å². The lowest BCUT2D eigenvalue weighted by molar-refractivity contribution is 0.0696. The van der Waals surface area contributed by atoms with Crippen molar-refractivity contribution in [3.8, 4) is 22.6 Å². The summed E-state index contributed by atoms with van der Waals surface area (Å²) in [5.41, 5.74) is 3.89. The highest BCUT2D eigenvalue weighted by atomic mass is 16.5. The average molecular weight is 421 g/mol. The number of aliphatic hydroxyl groups is 1. The third kappa shape index (κ3) is 5.84. The van der Waals surface area contributed by atoms with Crippen molar-refractivity contribution in [1.82, 2.24) is 5.32 Å². The van der Waals surface area contributed by atoms with Gasteiger partial charge >= 0.3 is 5.97 Å². The molecule has 0 saturated carbocycles. The lowest BCUT2D eigenvalue weighted by Gasteiger charge is -2.21. The topological polar surface area (TPSA) is 99.0 Å². The Morgan fingerprint density at radius 1 is 1.03 bits per heavy atom. The largest absolute Gasteiger partial charge is 0.508 e. The van der Waals surface area contributed by atoms with Crippen LogP contribution in [0.2, 0.25) is 0 Å². The Balaban J connectivity index is 1.49. The van der Waals surface area contributed by atoms with Crippen molar-refractivity contribution in [2.75, 3.05) is 13.2 Å². The molecule has 6 nitrogen and oxygen atoms in total. The number of aromatic carboxylic acids is 1. The third-order valence-corrected chi connectivity index (χ3v) is 5.18. The molecular formula is C25H27NO5. The van der Waals surface area contributed by atoms with Gasteiger partial charge in [-0.3, -0.25) is 0 Å². The number of carboxylic acids is 1. The summed E-state index contributed by atoms with van der Waals surface area (Å²) >= 11 is 0. The fourth-order valence-corrected chi connectivity index (χ4v) is 3.38. The van der Waals surface area contributed by atoms with Crippen LogP contribution in [-0.2, 0) is 0 Å². The van der Waals surface area contributed by atoms with Crippen molar-refractivity contribution in [1.29, 1.82) is 0 Å². The van der Waals surface area contributed by atoms with E-state index in [0.717, 1.165) is 28.0 Å². The standard InChI is InChI=1S/C25H27NO5/c1-16-15-20(25(29)30)7-12-23(16)18-5-10-22(11-6-18)31-14-13-26-17(2)24(28)19-3-8-21(27)9-4-19/h3-12,15,17,24,26-28H,13-14H2,1-2H3,(H,29,30)/t17-,24-/m1/s1. The zero-order valence-corrected chi connectivity index (χ0v) is 17.6. The van der Waals surface area contributed by atoms with Crippen molar-refractivity contribution in [3.05, 3.63) is 83.4 Å². The molecule has 0 fully saturated rings. The summed E-state index contributed by atoms with van der Waals surface area (Å²) in [5, 5.41) is 32.1. The van der Waals surface area contributed by atoms with Gasteiger partial charge in [0, 0.05) is 12.6 Å². The first-order chi connectivity index (χ1) is 14.8. The Morgan fingerprint density at radius 3 is 2.32 bits per heavy atom. The van der Waals surface area contributed by atoms with Crippen molar-refractivity contribution >= 4 is 5.97 Å². The molecule has 0 radical (unpaired) electrons. The molecule has 0 aliphatic carbocycles. The minimum atomic E-state index is -0.933. The van der Waals surface area contributed by atoms with Gasteiger partial charge in [0.1, 0.15) is 18.1 Å². The van der Waals surface area contributed by atoms with Crippen molar-refractivity contribution < 1.29 is 24.9 Å². The zero-order valence-electron chi connectivity index (χ0n) is 17.6. The number of carbonyl (C=O) groups is 1. The van der Waals surface area contributed by atoms with Gasteiger partial charge in [0.2, 0.25) is 0 Å². The number of phenolic OH excluding ortho intramolecular Hbond substituents is 1. The number of nitrogens with one attached hydrogen (secondary N) is 1. The second kappa shape index (κ2) is 10.1. The van der Waals surface area contributed by atoms with Crippen LogP contribution in [-0.4, -0.2) is 40.5 Å². The van der Waals surface area contributed by atoms with Crippen LogP contribution in [0.5, 0.6) is 11.5 Å². The number of ether oxygens (including phenoxy) is 1. The predicted octanol–water partition coefficient (Wildman–Crippen LogP) is 4.16. The summed E-state index contributed by atoms with van der Waals surface area (Å²) in [6.45, 7) is 4.79. The van der Waals surface area contributed by atoms with E-state index in [1.807, 2.05) is 44.2 Å². The Bertz CT molecular complexity index is 1020. The molecule has 2 atom stereocenters. The fourth-order valence-electron chi connectivity index (χ4n) is 3.38. The van der Waals surface area contributed by atoms with Crippen molar-refractivity contribution in [3.63, 3.8) is 0 Å². The van der Waals surface area contributed by atoms with Crippen molar-refractivity contribution in [2.45, 2.75) is 26.0 Å². The molecule has 0 bridgehead atoms. The number of aromatic hydroxyl groups is 1. The summed E-state index contributed by atoms with van der Waals surface area (Å²) in [6.07, 6.45) is -0.685. The predicted molar refractivity (Wildman–Crippen MR) is 120 cm³/mol. The van der Waals surface area contributed by atoms with Gasteiger partial charge in [0.05, 0.1) is 11.7 Å². The van der Waals surface area contributed by atoms with E-state index < -0.39 is 12.1 Å². The number of hydrogen-bond donors (Lipinski definition) is 4. The van der Waals surface area contributed by atoms with Crippen LogP contribution in [0.25, 0.3) is 11.1 Å². The van der Waals surface area contributed by atoms with Crippen LogP contribution >= 0.6 is 0 Å². The van der Waals surface area contributed by atoms with Crippen LogP contribution in [0.15, 0.2) is 66.7 Å². The van der Waals surface area contributed by atoms with E-state index in [4.69, 9.17) is 9.84 Å².